The maximum Gasteiger partial charge on any atom is 0.339 e. The fraction of sp³-hybridized carbons (Fsp3) is 0.462. The minimum Gasteiger partial charge on any atom is -0.488 e. The van der Waals surface area contributed by atoms with Gasteiger partial charge in [0.2, 0.25) is 0 Å². The highest BCUT2D eigenvalue weighted by Crippen LogP contribution is 2.22. The van der Waals surface area contributed by atoms with Gasteiger partial charge in [0.1, 0.15) is 11.9 Å². The summed E-state index contributed by atoms with van der Waals surface area (Å²) in [7, 11) is 3.27. The molecule has 0 aromatic heterocycles. The lowest BCUT2D eigenvalue weighted by molar-refractivity contribution is -0.150. The molecule has 1 heterocycles. The van der Waals surface area contributed by atoms with E-state index in [0.717, 1.165) is 13.1 Å². The number of carbonyl (C=O) groups is 1. The Labute approximate surface area is 106 Å². The summed E-state index contributed by atoms with van der Waals surface area (Å²) in [5.41, 5.74) is 0.479. The number of methoxy groups -OCH3 is 1. The van der Waals surface area contributed by atoms with E-state index in [1.54, 1.807) is 18.2 Å². The molecule has 98 valence electrons. The van der Waals surface area contributed by atoms with Crippen molar-refractivity contribution < 1.29 is 19.4 Å². The summed E-state index contributed by atoms with van der Waals surface area (Å²) < 4.78 is 10.2. The molecule has 0 amide bonds. The van der Waals surface area contributed by atoms with Gasteiger partial charge in [-0.1, -0.05) is 12.1 Å². The van der Waals surface area contributed by atoms with Gasteiger partial charge in [-0.15, -0.1) is 0 Å². The second kappa shape index (κ2) is 5.37. The van der Waals surface area contributed by atoms with E-state index in [2.05, 4.69) is 9.64 Å². The zero-order valence-corrected chi connectivity index (χ0v) is 10.5. The lowest BCUT2D eigenvalue weighted by Gasteiger charge is -2.36. The van der Waals surface area contributed by atoms with Gasteiger partial charge >= 0.3 is 5.97 Å². The average Bonchev–Trinajstić information content (AvgIpc) is 2.35. The molecule has 1 atom stereocenters. The smallest absolute Gasteiger partial charge is 0.339 e. The first-order valence-corrected chi connectivity index (χ1v) is 5.81. The van der Waals surface area contributed by atoms with Gasteiger partial charge in [-0.2, -0.15) is 0 Å². The molecule has 0 saturated carbocycles. The van der Waals surface area contributed by atoms with Crippen LogP contribution in [0.25, 0.3) is 0 Å². The summed E-state index contributed by atoms with van der Waals surface area (Å²) in [5.74, 6) is -0.0101. The highest BCUT2D eigenvalue weighted by Gasteiger charge is 2.25. The Hall–Kier alpha value is -1.59. The Morgan fingerprint density at radius 1 is 1.50 bits per heavy atom. The molecule has 0 radical (unpaired) electrons. The van der Waals surface area contributed by atoms with Gasteiger partial charge in [0.25, 0.3) is 0 Å². The van der Waals surface area contributed by atoms with E-state index in [1.165, 1.54) is 7.11 Å². The van der Waals surface area contributed by atoms with Crippen molar-refractivity contribution in [2.24, 2.45) is 0 Å². The van der Waals surface area contributed by atoms with Gasteiger partial charge in [0, 0.05) is 13.1 Å². The van der Waals surface area contributed by atoms with Crippen molar-refractivity contribution >= 4 is 5.97 Å². The molecule has 1 unspecified atom stereocenters. The minimum absolute atomic E-state index is 0.181. The summed E-state index contributed by atoms with van der Waals surface area (Å²) in [4.78, 5) is 13.4. The Morgan fingerprint density at radius 2 is 2.22 bits per heavy atom. The van der Waals surface area contributed by atoms with Crippen molar-refractivity contribution in [1.82, 2.24) is 4.90 Å². The number of aliphatic hydroxyl groups is 1. The third kappa shape index (κ3) is 2.80. The van der Waals surface area contributed by atoms with Crippen LogP contribution in [0.15, 0.2) is 24.3 Å². The van der Waals surface area contributed by atoms with Crippen LogP contribution in [0, 0.1) is 0 Å². The SMILES string of the molecule is COC(=O)C(O)c1cccc(OC2CN(C)C2)c1. The monoisotopic (exact) mass is 251 g/mol. The molecule has 1 fully saturated rings. The number of aliphatic hydroxyl groups excluding tert-OH is 1. The van der Waals surface area contributed by atoms with Crippen LogP contribution >= 0.6 is 0 Å². The second-order valence-corrected chi connectivity index (χ2v) is 4.46. The van der Waals surface area contributed by atoms with Crippen molar-refractivity contribution in [2.75, 3.05) is 27.2 Å². The third-order valence-corrected chi connectivity index (χ3v) is 2.93. The first-order chi connectivity index (χ1) is 8.60. The molecule has 1 aliphatic rings. The van der Waals surface area contributed by atoms with Crippen molar-refractivity contribution in [3.63, 3.8) is 0 Å². The summed E-state index contributed by atoms with van der Waals surface area (Å²) in [6.07, 6.45) is -1.08. The van der Waals surface area contributed by atoms with Gasteiger partial charge in [-0.25, -0.2) is 4.79 Å². The van der Waals surface area contributed by atoms with Crippen molar-refractivity contribution in [3.8, 4) is 5.75 Å². The van der Waals surface area contributed by atoms with E-state index in [1.807, 2.05) is 13.1 Å². The lowest BCUT2D eigenvalue weighted by atomic mass is 10.1. The van der Waals surface area contributed by atoms with Gasteiger partial charge < -0.3 is 14.6 Å². The number of rotatable bonds is 4. The zero-order valence-electron chi connectivity index (χ0n) is 10.5. The van der Waals surface area contributed by atoms with Gasteiger partial charge in [-0.3, -0.25) is 4.90 Å². The Balaban J connectivity index is 2.03. The number of likely N-dealkylation sites (N-methyl/N-ethyl adjacent to an activating group) is 1. The van der Waals surface area contributed by atoms with E-state index < -0.39 is 12.1 Å². The fourth-order valence-corrected chi connectivity index (χ4v) is 1.91. The molecule has 18 heavy (non-hydrogen) atoms. The summed E-state index contributed by atoms with van der Waals surface area (Å²) >= 11 is 0. The molecule has 1 aliphatic heterocycles. The van der Waals surface area contributed by atoms with Crippen LogP contribution in [0.1, 0.15) is 11.7 Å². The maximum atomic E-state index is 11.2. The quantitative estimate of drug-likeness (QED) is 0.793. The van der Waals surface area contributed by atoms with E-state index in [9.17, 15) is 9.90 Å². The Bertz CT molecular complexity index is 429. The van der Waals surface area contributed by atoms with Gasteiger partial charge in [-0.05, 0) is 24.7 Å². The van der Waals surface area contributed by atoms with Crippen LogP contribution in [-0.4, -0.2) is 49.3 Å². The molecular formula is C13H17NO4. The third-order valence-electron chi connectivity index (χ3n) is 2.93. The average molecular weight is 251 g/mol. The van der Waals surface area contributed by atoms with Crippen molar-refractivity contribution in [1.29, 1.82) is 0 Å². The van der Waals surface area contributed by atoms with E-state index in [4.69, 9.17) is 4.74 Å². The number of nitrogens with zero attached hydrogens (tertiary/aromatic N) is 1. The predicted molar refractivity (Wildman–Crippen MR) is 65.3 cm³/mol. The summed E-state index contributed by atoms with van der Waals surface area (Å²) in [6.45, 7) is 1.79. The molecule has 0 aliphatic carbocycles. The molecule has 0 spiro atoms. The Morgan fingerprint density at radius 3 is 2.83 bits per heavy atom. The number of benzene rings is 1. The van der Waals surface area contributed by atoms with E-state index >= 15 is 0 Å². The number of hydrogen-bond donors (Lipinski definition) is 1. The number of carbonyl (C=O) groups excluding carboxylic acids is 1. The molecule has 2 rings (SSSR count). The molecule has 5 heteroatoms. The minimum atomic E-state index is -1.26. The first-order valence-electron chi connectivity index (χ1n) is 5.81. The molecule has 1 aromatic rings. The van der Waals surface area contributed by atoms with Crippen LogP contribution in [0.3, 0.4) is 0 Å². The number of likely N-dealkylation sites (tertiary alicyclic amines) is 1. The highest BCUT2D eigenvalue weighted by atomic mass is 16.5. The maximum absolute atomic E-state index is 11.2. The number of esters is 1. The standard InChI is InChI=1S/C13H17NO4/c1-14-7-11(8-14)18-10-5-3-4-9(6-10)12(15)13(16)17-2/h3-6,11-12,15H,7-8H2,1-2H3. The second-order valence-electron chi connectivity index (χ2n) is 4.46. The van der Waals surface area contributed by atoms with Gasteiger partial charge in [0.05, 0.1) is 7.11 Å². The lowest BCUT2D eigenvalue weighted by Crippen LogP contribution is -2.51. The number of ether oxygens (including phenoxy) is 2. The summed E-state index contributed by atoms with van der Waals surface area (Å²) in [5, 5.41) is 9.72. The number of hydrogen-bond acceptors (Lipinski definition) is 5. The largest absolute Gasteiger partial charge is 0.488 e. The molecule has 1 aromatic carbocycles. The predicted octanol–water partition coefficient (Wildman–Crippen LogP) is 0.586. The van der Waals surface area contributed by atoms with Gasteiger partial charge in [0.15, 0.2) is 6.10 Å². The first kappa shape index (κ1) is 12.9. The van der Waals surface area contributed by atoms with Crippen molar-refractivity contribution in [3.05, 3.63) is 29.8 Å². The van der Waals surface area contributed by atoms with Crippen LogP contribution in [0.5, 0.6) is 5.75 Å². The topological polar surface area (TPSA) is 59.0 Å². The van der Waals surface area contributed by atoms with Crippen molar-refractivity contribution in [2.45, 2.75) is 12.2 Å². The van der Waals surface area contributed by atoms with Crippen LogP contribution in [0.2, 0.25) is 0 Å². The van der Waals surface area contributed by atoms with E-state index in [-0.39, 0.29) is 6.10 Å². The zero-order chi connectivity index (χ0) is 13.1. The van der Waals surface area contributed by atoms with Crippen LogP contribution in [0.4, 0.5) is 0 Å². The molecule has 1 N–H and O–H groups in total. The molecule has 5 nitrogen and oxygen atoms in total. The van der Waals surface area contributed by atoms with Crippen LogP contribution in [-0.2, 0) is 9.53 Å². The summed E-state index contributed by atoms with van der Waals surface area (Å²) in [6, 6.07) is 6.90. The normalized spacial score (nSPS) is 17.9. The van der Waals surface area contributed by atoms with E-state index in [0.29, 0.717) is 11.3 Å². The van der Waals surface area contributed by atoms with Crippen LogP contribution < -0.4 is 4.74 Å². The fourth-order valence-electron chi connectivity index (χ4n) is 1.91. The molecular weight excluding hydrogens is 234 g/mol. The highest BCUT2D eigenvalue weighted by molar-refractivity contribution is 5.76. The Kier molecular flexibility index (Phi) is 3.84. The molecule has 0 bridgehead atoms. The molecule has 1 saturated heterocycles.